The number of rotatable bonds is 3. The Morgan fingerprint density at radius 2 is 2.08 bits per heavy atom. The van der Waals surface area contributed by atoms with E-state index in [9.17, 15) is 0 Å². The summed E-state index contributed by atoms with van der Waals surface area (Å²) < 4.78 is 0. The lowest BCUT2D eigenvalue weighted by molar-refractivity contribution is 0.622. The van der Waals surface area contributed by atoms with Crippen LogP contribution in [0.3, 0.4) is 0 Å². The summed E-state index contributed by atoms with van der Waals surface area (Å²) in [5.74, 6) is 6.70. The van der Waals surface area contributed by atoms with Crippen molar-refractivity contribution in [1.82, 2.24) is 4.90 Å². The SMILES string of the molecule is CC#CC(=NCCCC)N(C)C. The van der Waals surface area contributed by atoms with Crippen molar-refractivity contribution in [2.24, 2.45) is 4.99 Å². The van der Waals surface area contributed by atoms with Gasteiger partial charge in [-0.25, -0.2) is 0 Å². The van der Waals surface area contributed by atoms with Crippen molar-refractivity contribution in [3.63, 3.8) is 0 Å². The summed E-state index contributed by atoms with van der Waals surface area (Å²) in [6, 6.07) is 0. The van der Waals surface area contributed by atoms with Gasteiger partial charge in [-0.1, -0.05) is 19.3 Å². The zero-order chi connectivity index (χ0) is 9.40. The summed E-state index contributed by atoms with van der Waals surface area (Å²) in [5.41, 5.74) is 0. The predicted molar refractivity (Wildman–Crippen MR) is 54.3 cm³/mol. The maximum absolute atomic E-state index is 4.37. The fraction of sp³-hybridized carbons (Fsp3) is 0.700. The second kappa shape index (κ2) is 6.72. The fourth-order valence-electron chi connectivity index (χ4n) is 0.748. The molecule has 0 bridgehead atoms. The van der Waals surface area contributed by atoms with Gasteiger partial charge in [-0.2, -0.15) is 0 Å². The van der Waals surface area contributed by atoms with Gasteiger partial charge in [-0.15, -0.1) is 0 Å². The van der Waals surface area contributed by atoms with Gasteiger partial charge in [0, 0.05) is 20.6 Å². The summed E-state index contributed by atoms with van der Waals surface area (Å²) >= 11 is 0. The molecule has 0 unspecified atom stereocenters. The van der Waals surface area contributed by atoms with Gasteiger partial charge in [0.05, 0.1) is 0 Å². The molecule has 2 nitrogen and oxygen atoms in total. The molecule has 0 amide bonds. The van der Waals surface area contributed by atoms with E-state index in [1.54, 1.807) is 0 Å². The number of amidine groups is 1. The Labute approximate surface area is 75.7 Å². The lowest BCUT2D eigenvalue weighted by Crippen LogP contribution is -2.20. The Kier molecular flexibility index (Phi) is 6.18. The van der Waals surface area contributed by atoms with Crippen LogP contribution in [0.25, 0.3) is 0 Å². The molecule has 0 atom stereocenters. The standard InChI is InChI=1S/C10H18N2/c1-5-7-9-11-10(8-6-2)12(3)4/h5,7,9H2,1-4H3. The molecule has 0 aromatic rings. The van der Waals surface area contributed by atoms with Crippen LogP contribution in [0.4, 0.5) is 0 Å². The zero-order valence-electron chi connectivity index (χ0n) is 8.52. The Bertz CT molecular complexity index is 194. The predicted octanol–water partition coefficient (Wildman–Crippen LogP) is 1.77. The molecule has 0 aromatic heterocycles. The first-order valence-electron chi connectivity index (χ1n) is 4.36. The third kappa shape index (κ3) is 4.79. The molecular formula is C10H18N2. The van der Waals surface area contributed by atoms with E-state index in [0.717, 1.165) is 18.8 Å². The summed E-state index contributed by atoms with van der Waals surface area (Å²) in [5, 5.41) is 0. The highest BCUT2D eigenvalue weighted by atomic mass is 15.1. The average Bonchev–Trinajstić information content (AvgIpc) is 2.03. The van der Waals surface area contributed by atoms with Crippen LogP contribution in [-0.4, -0.2) is 31.4 Å². The van der Waals surface area contributed by atoms with E-state index in [-0.39, 0.29) is 0 Å². The Morgan fingerprint density at radius 1 is 1.42 bits per heavy atom. The normalized spacial score (nSPS) is 10.5. The minimum atomic E-state index is 0.881. The summed E-state index contributed by atoms with van der Waals surface area (Å²) in [6.45, 7) is 4.88. The number of unbranched alkanes of at least 4 members (excludes halogenated alkanes) is 1. The van der Waals surface area contributed by atoms with Gasteiger partial charge in [0.1, 0.15) is 0 Å². The molecule has 2 heteroatoms. The molecule has 0 saturated carbocycles. The van der Waals surface area contributed by atoms with E-state index in [0.29, 0.717) is 0 Å². The molecule has 68 valence electrons. The molecule has 0 spiro atoms. The monoisotopic (exact) mass is 166 g/mol. The van der Waals surface area contributed by atoms with Crippen molar-refractivity contribution in [1.29, 1.82) is 0 Å². The van der Waals surface area contributed by atoms with Crippen molar-refractivity contribution in [3.05, 3.63) is 0 Å². The lowest BCUT2D eigenvalue weighted by Gasteiger charge is -2.09. The molecule has 0 aliphatic rings. The van der Waals surface area contributed by atoms with E-state index in [1.807, 2.05) is 25.9 Å². The lowest BCUT2D eigenvalue weighted by atomic mass is 10.3. The highest BCUT2D eigenvalue weighted by molar-refractivity contribution is 5.98. The van der Waals surface area contributed by atoms with Crippen LogP contribution in [0.15, 0.2) is 4.99 Å². The molecule has 0 radical (unpaired) electrons. The van der Waals surface area contributed by atoms with E-state index in [4.69, 9.17) is 0 Å². The second-order valence-electron chi connectivity index (χ2n) is 2.83. The van der Waals surface area contributed by atoms with Crippen molar-refractivity contribution in [3.8, 4) is 11.8 Å². The maximum atomic E-state index is 4.37. The number of nitrogens with zero attached hydrogens (tertiary/aromatic N) is 2. The highest BCUT2D eigenvalue weighted by Crippen LogP contribution is 1.89. The highest BCUT2D eigenvalue weighted by Gasteiger charge is 1.94. The van der Waals surface area contributed by atoms with Crippen LogP contribution >= 0.6 is 0 Å². The van der Waals surface area contributed by atoms with Crippen LogP contribution in [0.5, 0.6) is 0 Å². The van der Waals surface area contributed by atoms with Crippen LogP contribution in [0, 0.1) is 11.8 Å². The molecule has 0 aliphatic carbocycles. The smallest absolute Gasteiger partial charge is 0.176 e. The molecule has 0 aromatic carbocycles. The molecule has 0 rings (SSSR count). The van der Waals surface area contributed by atoms with Crippen LogP contribution < -0.4 is 0 Å². The third-order valence-corrected chi connectivity index (χ3v) is 1.43. The first kappa shape index (κ1) is 11.0. The van der Waals surface area contributed by atoms with Crippen LogP contribution in [-0.2, 0) is 0 Å². The summed E-state index contributed by atoms with van der Waals surface area (Å²) in [6.07, 6.45) is 2.33. The van der Waals surface area contributed by atoms with E-state index in [2.05, 4.69) is 23.8 Å². The summed E-state index contributed by atoms with van der Waals surface area (Å²) in [4.78, 5) is 6.32. The fourth-order valence-corrected chi connectivity index (χ4v) is 0.748. The minimum Gasteiger partial charge on any atom is -0.356 e. The molecule has 0 fully saturated rings. The second-order valence-corrected chi connectivity index (χ2v) is 2.83. The molecule has 12 heavy (non-hydrogen) atoms. The Hall–Kier alpha value is -0.970. The Morgan fingerprint density at radius 3 is 2.50 bits per heavy atom. The number of aliphatic imine (C=N–C) groups is 1. The van der Waals surface area contributed by atoms with E-state index in [1.165, 1.54) is 6.42 Å². The van der Waals surface area contributed by atoms with E-state index < -0.39 is 0 Å². The van der Waals surface area contributed by atoms with Gasteiger partial charge in [0.25, 0.3) is 0 Å². The molecule has 0 saturated heterocycles. The van der Waals surface area contributed by atoms with Gasteiger partial charge in [0.15, 0.2) is 5.84 Å². The van der Waals surface area contributed by atoms with Crippen molar-refractivity contribution >= 4 is 5.84 Å². The minimum absolute atomic E-state index is 0.881. The largest absolute Gasteiger partial charge is 0.356 e. The molecule has 0 heterocycles. The molecular weight excluding hydrogens is 148 g/mol. The Balaban J connectivity index is 4.06. The number of hydrogen-bond acceptors (Lipinski definition) is 1. The topological polar surface area (TPSA) is 15.6 Å². The quantitative estimate of drug-likeness (QED) is 0.270. The first-order valence-corrected chi connectivity index (χ1v) is 4.36. The molecule has 0 aliphatic heterocycles. The molecule has 0 N–H and O–H groups in total. The zero-order valence-corrected chi connectivity index (χ0v) is 8.52. The van der Waals surface area contributed by atoms with Gasteiger partial charge in [0.2, 0.25) is 0 Å². The van der Waals surface area contributed by atoms with Crippen molar-refractivity contribution in [2.75, 3.05) is 20.6 Å². The van der Waals surface area contributed by atoms with Crippen LogP contribution in [0.1, 0.15) is 26.7 Å². The van der Waals surface area contributed by atoms with Crippen molar-refractivity contribution in [2.45, 2.75) is 26.7 Å². The first-order chi connectivity index (χ1) is 5.72. The maximum Gasteiger partial charge on any atom is 0.176 e. The van der Waals surface area contributed by atoms with Crippen molar-refractivity contribution < 1.29 is 0 Å². The van der Waals surface area contributed by atoms with E-state index >= 15 is 0 Å². The third-order valence-electron chi connectivity index (χ3n) is 1.43. The van der Waals surface area contributed by atoms with Gasteiger partial charge >= 0.3 is 0 Å². The average molecular weight is 166 g/mol. The van der Waals surface area contributed by atoms with Gasteiger partial charge < -0.3 is 4.90 Å². The van der Waals surface area contributed by atoms with Crippen LogP contribution in [0.2, 0.25) is 0 Å². The van der Waals surface area contributed by atoms with Gasteiger partial charge in [-0.05, 0) is 19.3 Å². The van der Waals surface area contributed by atoms with Gasteiger partial charge in [-0.3, -0.25) is 4.99 Å². The number of hydrogen-bond donors (Lipinski definition) is 0. The summed E-state index contributed by atoms with van der Waals surface area (Å²) in [7, 11) is 3.93.